The van der Waals surface area contributed by atoms with Crippen molar-refractivity contribution in [1.29, 1.82) is 0 Å². The molecule has 0 aromatic carbocycles. The van der Waals surface area contributed by atoms with Crippen molar-refractivity contribution in [3.8, 4) is 0 Å². The van der Waals surface area contributed by atoms with E-state index in [1.165, 1.54) is 25.7 Å². The SMILES string of the molecule is CCCNc1cc(Cl)nc2c1ncn2C1CCCC1. The van der Waals surface area contributed by atoms with E-state index < -0.39 is 0 Å². The van der Waals surface area contributed by atoms with Crippen molar-refractivity contribution in [2.75, 3.05) is 11.9 Å². The van der Waals surface area contributed by atoms with E-state index in [0.717, 1.165) is 29.8 Å². The highest BCUT2D eigenvalue weighted by molar-refractivity contribution is 6.30. The molecule has 4 nitrogen and oxygen atoms in total. The summed E-state index contributed by atoms with van der Waals surface area (Å²) in [4.78, 5) is 9.01. The van der Waals surface area contributed by atoms with E-state index in [1.54, 1.807) is 0 Å². The van der Waals surface area contributed by atoms with Gasteiger partial charge in [-0.15, -0.1) is 0 Å². The fraction of sp³-hybridized carbons (Fsp3) is 0.571. The summed E-state index contributed by atoms with van der Waals surface area (Å²) in [5, 5.41) is 3.91. The quantitative estimate of drug-likeness (QED) is 0.859. The fourth-order valence-corrected chi connectivity index (χ4v) is 3.01. The van der Waals surface area contributed by atoms with Crippen LogP contribution in [0.25, 0.3) is 11.2 Å². The van der Waals surface area contributed by atoms with Crippen molar-refractivity contribution >= 4 is 28.5 Å². The maximum absolute atomic E-state index is 6.15. The lowest BCUT2D eigenvalue weighted by atomic mass is 10.2. The van der Waals surface area contributed by atoms with E-state index in [-0.39, 0.29) is 0 Å². The van der Waals surface area contributed by atoms with Crippen LogP contribution < -0.4 is 5.32 Å². The average molecular weight is 279 g/mol. The van der Waals surface area contributed by atoms with Crippen LogP contribution in [0.3, 0.4) is 0 Å². The molecule has 1 fully saturated rings. The van der Waals surface area contributed by atoms with Crippen LogP contribution in [0, 0.1) is 0 Å². The number of nitrogens with one attached hydrogen (secondary N) is 1. The fourth-order valence-electron chi connectivity index (χ4n) is 2.82. The first-order chi connectivity index (χ1) is 9.29. The Morgan fingerprint density at radius 2 is 2.21 bits per heavy atom. The van der Waals surface area contributed by atoms with Gasteiger partial charge >= 0.3 is 0 Å². The largest absolute Gasteiger partial charge is 0.383 e. The normalized spacial score (nSPS) is 16.3. The van der Waals surface area contributed by atoms with Crippen LogP contribution in [0.4, 0.5) is 5.69 Å². The Balaban J connectivity index is 2.04. The number of aromatic nitrogens is 3. The van der Waals surface area contributed by atoms with Gasteiger partial charge < -0.3 is 9.88 Å². The second-order valence-corrected chi connectivity index (χ2v) is 5.57. The highest BCUT2D eigenvalue weighted by Crippen LogP contribution is 2.33. The third kappa shape index (κ3) is 2.41. The van der Waals surface area contributed by atoms with Crippen molar-refractivity contribution < 1.29 is 0 Å². The zero-order valence-electron chi connectivity index (χ0n) is 11.2. The Morgan fingerprint density at radius 1 is 1.42 bits per heavy atom. The molecule has 0 atom stereocenters. The van der Waals surface area contributed by atoms with E-state index in [0.29, 0.717) is 11.2 Å². The van der Waals surface area contributed by atoms with Gasteiger partial charge in [0.05, 0.1) is 12.0 Å². The van der Waals surface area contributed by atoms with E-state index >= 15 is 0 Å². The van der Waals surface area contributed by atoms with Crippen LogP contribution in [-0.2, 0) is 0 Å². The molecule has 102 valence electrons. The Hall–Kier alpha value is -1.29. The monoisotopic (exact) mass is 278 g/mol. The van der Waals surface area contributed by atoms with Gasteiger partial charge in [-0.25, -0.2) is 9.97 Å². The number of hydrogen-bond acceptors (Lipinski definition) is 3. The highest BCUT2D eigenvalue weighted by atomic mass is 35.5. The van der Waals surface area contributed by atoms with Crippen molar-refractivity contribution in [2.45, 2.75) is 45.1 Å². The van der Waals surface area contributed by atoms with Gasteiger partial charge in [0.25, 0.3) is 0 Å². The minimum absolute atomic E-state index is 0.533. The lowest BCUT2D eigenvalue weighted by Crippen LogP contribution is -2.05. The third-order valence-electron chi connectivity index (χ3n) is 3.78. The molecule has 3 rings (SSSR count). The second kappa shape index (κ2) is 5.37. The van der Waals surface area contributed by atoms with Crippen LogP contribution in [0.5, 0.6) is 0 Å². The Labute approximate surface area is 118 Å². The number of anilines is 1. The molecule has 2 aromatic heterocycles. The van der Waals surface area contributed by atoms with Crippen LogP contribution in [0.15, 0.2) is 12.4 Å². The Morgan fingerprint density at radius 3 is 2.95 bits per heavy atom. The zero-order valence-corrected chi connectivity index (χ0v) is 12.0. The van der Waals surface area contributed by atoms with Gasteiger partial charge in [-0.2, -0.15) is 0 Å². The first kappa shape index (κ1) is 12.7. The number of pyridine rings is 1. The topological polar surface area (TPSA) is 42.7 Å². The summed E-state index contributed by atoms with van der Waals surface area (Å²) in [6, 6.07) is 2.40. The first-order valence-corrected chi connectivity index (χ1v) is 7.44. The minimum Gasteiger partial charge on any atom is -0.383 e. The van der Waals surface area contributed by atoms with E-state index in [1.807, 2.05) is 12.4 Å². The number of hydrogen-bond donors (Lipinski definition) is 1. The standard InChI is InChI=1S/C14H19ClN4/c1-2-7-16-11-8-12(15)18-14-13(11)17-9-19(14)10-5-3-4-6-10/h8-10H,2-7H2,1H3,(H,16,18). The molecule has 1 N–H and O–H groups in total. The van der Waals surface area contributed by atoms with E-state index in [2.05, 4.69) is 26.8 Å². The molecule has 2 heterocycles. The summed E-state index contributed by atoms with van der Waals surface area (Å²) in [5.74, 6) is 0. The molecular weight excluding hydrogens is 260 g/mol. The van der Waals surface area contributed by atoms with Gasteiger partial charge in [-0.05, 0) is 19.3 Å². The number of nitrogens with zero attached hydrogens (tertiary/aromatic N) is 3. The van der Waals surface area contributed by atoms with Crippen LogP contribution in [-0.4, -0.2) is 21.1 Å². The number of halogens is 1. The van der Waals surface area contributed by atoms with Gasteiger partial charge in [0.15, 0.2) is 5.65 Å². The summed E-state index contributed by atoms with van der Waals surface area (Å²) in [6.07, 6.45) is 8.03. The molecule has 0 saturated heterocycles. The number of rotatable bonds is 4. The van der Waals surface area contributed by atoms with Crippen LogP contribution in [0.2, 0.25) is 5.15 Å². The van der Waals surface area contributed by atoms with Crippen molar-refractivity contribution in [3.63, 3.8) is 0 Å². The maximum atomic E-state index is 6.15. The van der Waals surface area contributed by atoms with Crippen molar-refractivity contribution in [2.24, 2.45) is 0 Å². The first-order valence-electron chi connectivity index (χ1n) is 7.06. The molecule has 0 bridgehead atoms. The molecule has 0 unspecified atom stereocenters. The number of fused-ring (bicyclic) bond motifs is 1. The lowest BCUT2D eigenvalue weighted by Gasteiger charge is -2.12. The second-order valence-electron chi connectivity index (χ2n) is 5.18. The Kier molecular flexibility index (Phi) is 3.60. The predicted octanol–water partition coefficient (Wildman–Crippen LogP) is 4.02. The molecule has 1 saturated carbocycles. The van der Waals surface area contributed by atoms with E-state index in [4.69, 9.17) is 11.6 Å². The van der Waals surface area contributed by atoms with Gasteiger partial charge in [-0.3, -0.25) is 0 Å². The molecule has 1 aliphatic carbocycles. The van der Waals surface area contributed by atoms with Crippen molar-refractivity contribution in [3.05, 3.63) is 17.5 Å². The Bertz CT molecular complexity index is 572. The number of imidazole rings is 1. The summed E-state index contributed by atoms with van der Waals surface area (Å²) >= 11 is 6.15. The van der Waals surface area contributed by atoms with Gasteiger partial charge in [0, 0.05) is 18.7 Å². The summed E-state index contributed by atoms with van der Waals surface area (Å²) < 4.78 is 2.20. The molecule has 2 aromatic rings. The molecule has 0 amide bonds. The molecule has 0 spiro atoms. The molecule has 5 heteroatoms. The summed E-state index contributed by atoms with van der Waals surface area (Å²) in [6.45, 7) is 3.07. The van der Waals surface area contributed by atoms with Crippen molar-refractivity contribution in [1.82, 2.24) is 14.5 Å². The molecule has 0 aliphatic heterocycles. The van der Waals surface area contributed by atoms with Gasteiger partial charge in [-0.1, -0.05) is 31.4 Å². The molecule has 1 aliphatic rings. The maximum Gasteiger partial charge on any atom is 0.163 e. The highest BCUT2D eigenvalue weighted by Gasteiger charge is 2.20. The summed E-state index contributed by atoms with van der Waals surface area (Å²) in [5.41, 5.74) is 2.84. The molecular formula is C14H19ClN4. The lowest BCUT2D eigenvalue weighted by molar-refractivity contribution is 0.529. The van der Waals surface area contributed by atoms with Gasteiger partial charge in [0.1, 0.15) is 10.7 Å². The minimum atomic E-state index is 0.533. The zero-order chi connectivity index (χ0) is 13.2. The average Bonchev–Trinajstić information content (AvgIpc) is 3.03. The predicted molar refractivity (Wildman–Crippen MR) is 78.8 cm³/mol. The molecule has 0 radical (unpaired) electrons. The summed E-state index contributed by atoms with van der Waals surface area (Å²) in [7, 11) is 0. The smallest absolute Gasteiger partial charge is 0.163 e. The third-order valence-corrected chi connectivity index (χ3v) is 3.98. The van der Waals surface area contributed by atoms with E-state index in [9.17, 15) is 0 Å². The van der Waals surface area contributed by atoms with Crippen LogP contribution >= 0.6 is 11.6 Å². The molecule has 19 heavy (non-hydrogen) atoms. The van der Waals surface area contributed by atoms with Crippen LogP contribution in [0.1, 0.15) is 45.1 Å². The van der Waals surface area contributed by atoms with Gasteiger partial charge in [0.2, 0.25) is 0 Å².